The van der Waals surface area contributed by atoms with Gasteiger partial charge in [0.2, 0.25) is 0 Å². The number of fused-ring (bicyclic) bond motifs is 1. The quantitative estimate of drug-likeness (QED) is 0.714. The average Bonchev–Trinajstić information content (AvgIpc) is 2.36. The Bertz CT molecular complexity index is 556. The average molecular weight is 212 g/mol. The van der Waals surface area contributed by atoms with Crippen molar-refractivity contribution < 1.29 is 9.53 Å². The van der Waals surface area contributed by atoms with Crippen LogP contribution in [0.5, 0.6) is 0 Å². The van der Waals surface area contributed by atoms with E-state index in [1.807, 2.05) is 30.3 Å². The standard InChI is InChI=1S/C14H12O2/c1-3-10-8-11-6-4-5-7-12(11)13(9-10)14(15)16-2/h3-9H,1H2,2H3. The second-order valence-electron chi connectivity index (χ2n) is 3.49. The lowest BCUT2D eigenvalue weighted by molar-refractivity contribution is 0.0603. The van der Waals surface area contributed by atoms with Crippen LogP contribution in [0.3, 0.4) is 0 Å². The Morgan fingerprint density at radius 1 is 1.31 bits per heavy atom. The molecule has 2 heteroatoms. The zero-order valence-electron chi connectivity index (χ0n) is 9.07. The SMILES string of the molecule is C=Cc1cc(C(=O)OC)c2ccccc2c1. The smallest absolute Gasteiger partial charge is 0.338 e. The third kappa shape index (κ3) is 1.70. The highest BCUT2D eigenvalue weighted by atomic mass is 16.5. The highest BCUT2D eigenvalue weighted by molar-refractivity contribution is 6.05. The number of carbonyl (C=O) groups is 1. The number of hydrogen-bond acceptors (Lipinski definition) is 2. The number of rotatable bonds is 2. The number of carbonyl (C=O) groups excluding carboxylic acids is 1. The minimum Gasteiger partial charge on any atom is -0.465 e. The van der Waals surface area contributed by atoms with Crippen LogP contribution in [0, 0.1) is 0 Å². The monoisotopic (exact) mass is 212 g/mol. The first-order valence-corrected chi connectivity index (χ1v) is 5.00. The Morgan fingerprint density at radius 3 is 2.75 bits per heavy atom. The first-order chi connectivity index (χ1) is 7.76. The van der Waals surface area contributed by atoms with Gasteiger partial charge in [-0.1, -0.05) is 36.9 Å². The van der Waals surface area contributed by atoms with Gasteiger partial charge in [-0.25, -0.2) is 4.79 Å². The van der Waals surface area contributed by atoms with Gasteiger partial charge in [0.25, 0.3) is 0 Å². The second kappa shape index (κ2) is 4.19. The molecule has 0 spiro atoms. The van der Waals surface area contributed by atoms with Crippen molar-refractivity contribution in [1.29, 1.82) is 0 Å². The molecular formula is C14H12O2. The van der Waals surface area contributed by atoms with Gasteiger partial charge in [0.05, 0.1) is 12.7 Å². The maximum Gasteiger partial charge on any atom is 0.338 e. The van der Waals surface area contributed by atoms with E-state index in [1.54, 1.807) is 12.1 Å². The minimum atomic E-state index is -0.320. The molecule has 0 saturated heterocycles. The van der Waals surface area contributed by atoms with Crippen molar-refractivity contribution in [3.05, 3.63) is 54.1 Å². The summed E-state index contributed by atoms with van der Waals surface area (Å²) in [6.07, 6.45) is 1.72. The van der Waals surface area contributed by atoms with Gasteiger partial charge in [-0.3, -0.25) is 0 Å². The van der Waals surface area contributed by atoms with Gasteiger partial charge in [0.15, 0.2) is 0 Å². The van der Waals surface area contributed by atoms with Crippen LogP contribution in [-0.4, -0.2) is 13.1 Å². The van der Waals surface area contributed by atoms with Gasteiger partial charge in [-0.05, 0) is 28.5 Å². The molecule has 0 heterocycles. The molecule has 2 aromatic carbocycles. The molecular weight excluding hydrogens is 200 g/mol. The van der Waals surface area contributed by atoms with Gasteiger partial charge in [-0.2, -0.15) is 0 Å². The fraction of sp³-hybridized carbons (Fsp3) is 0.0714. The van der Waals surface area contributed by atoms with E-state index in [4.69, 9.17) is 4.74 Å². The van der Waals surface area contributed by atoms with Crippen molar-refractivity contribution in [3.8, 4) is 0 Å². The molecule has 80 valence electrons. The summed E-state index contributed by atoms with van der Waals surface area (Å²) >= 11 is 0. The van der Waals surface area contributed by atoms with Crippen molar-refractivity contribution in [2.75, 3.05) is 7.11 Å². The van der Waals surface area contributed by atoms with Crippen LogP contribution in [0.4, 0.5) is 0 Å². The molecule has 16 heavy (non-hydrogen) atoms. The Morgan fingerprint density at radius 2 is 2.06 bits per heavy atom. The number of esters is 1. The fourth-order valence-corrected chi connectivity index (χ4v) is 1.73. The fourth-order valence-electron chi connectivity index (χ4n) is 1.73. The maximum absolute atomic E-state index is 11.6. The van der Waals surface area contributed by atoms with Crippen LogP contribution in [0.2, 0.25) is 0 Å². The van der Waals surface area contributed by atoms with Crippen molar-refractivity contribution in [3.63, 3.8) is 0 Å². The molecule has 2 aromatic rings. The zero-order chi connectivity index (χ0) is 11.5. The Kier molecular flexibility index (Phi) is 2.73. The Hall–Kier alpha value is -2.09. The van der Waals surface area contributed by atoms with E-state index in [-0.39, 0.29) is 5.97 Å². The van der Waals surface area contributed by atoms with Crippen LogP contribution in [0.1, 0.15) is 15.9 Å². The lowest BCUT2D eigenvalue weighted by atomic mass is 10.0. The molecule has 0 aromatic heterocycles. The summed E-state index contributed by atoms with van der Waals surface area (Å²) < 4.78 is 4.77. The van der Waals surface area contributed by atoms with Crippen molar-refractivity contribution in [1.82, 2.24) is 0 Å². The van der Waals surface area contributed by atoms with Gasteiger partial charge in [-0.15, -0.1) is 0 Å². The molecule has 0 amide bonds. The first-order valence-electron chi connectivity index (χ1n) is 5.00. The van der Waals surface area contributed by atoms with E-state index < -0.39 is 0 Å². The van der Waals surface area contributed by atoms with Gasteiger partial charge in [0, 0.05) is 0 Å². The van der Waals surface area contributed by atoms with Crippen molar-refractivity contribution >= 4 is 22.8 Å². The summed E-state index contributed by atoms with van der Waals surface area (Å²) in [6.45, 7) is 3.71. The van der Waals surface area contributed by atoms with Crippen LogP contribution in [-0.2, 0) is 4.74 Å². The molecule has 0 aliphatic carbocycles. The number of benzene rings is 2. The molecule has 2 nitrogen and oxygen atoms in total. The van der Waals surface area contributed by atoms with E-state index in [2.05, 4.69) is 6.58 Å². The maximum atomic E-state index is 11.6. The summed E-state index contributed by atoms with van der Waals surface area (Å²) in [5.41, 5.74) is 1.50. The van der Waals surface area contributed by atoms with E-state index in [1.165, 1.54) is 7.11 Å². The lowest BCUT2D eigenvalue weighted by Crippen LogP contribution is -2.02. The molecule has 0 N–H and O–H groups in total. The normalized spacial score (nSPS) is 10.1. The second-order valence-corrected chi connectivity index (χ2v) is 3.49. The Balaban J connectivity index is 2.78. The number of ether oxygens (including phenoxy) is 1. The molecule has 0 fully saturated rings. The predicted molar refractivity (Wildman–Crippen MR) is 65.4 cm³/mol. The molecule has 0 unspecified atom stereocenters. The van der Waals surface area contributed by atoms with E-state index in [0.717, 1.165) is 16.3 Å². The van der Waals surface area contributed by atoms with Gasteiger partial charge >= 0.3 is 5.97 Å². The molecule has 0 aliphatic rings. The summed E-state index contributed by atoms with van der Waals surface area (Å²) in [4.78, 5) is 11.6. The number of hydrogen-bond donors (Lipinski definition) is 0. The van der Waals surface area contributed by atoms with Crippen LogP contribution >= 0.6 is 0 Å². The zero-order valence-corrected chi connectivity index (χ0v) is 9.07. The Labute approximate surface area is 94.2 Å². The summed E-state index contributed by atoms with van der Waals surface area (Å²) in [5, 5.41) is 1.92. The van der Waals surface area contributed by atoms with E-state index >= 15 is 0 Å². The topological polar surface area (TPSA) is 26.3 Å². The molecule has 0 atom stereocenters. The largest absolute Gasteiger partial charge is 0.465 e. The lowest BCUT2D eigenvalue weighted by Gasteiger charge is -2.06. The van der Waals surface area contributed by atoms with Crippen LogP contribution in [0.15, 0.2) is 43.0 Å². The first kappa shape index (κ1) is 10.4. The molecule has 0 bridgehead atoms. The summed E-state index contributed by atoms with van der Waals surface area (Å²) in [7, 11) is 1.39. The summed E-state index contributed by atoms with van der Waals surface area (Å²) in [6, 6.07) is 11.5. The molecule has 0 radical (unpaired) electrons. The minimum absolute atomic E-state index is 0.320. The van der Waals surface area contributed by atoms with Gasteiger partial charge < -0.3 is 4.74 Å². The van der Waals surface area contributed by atoms with Crippen molar-refractivity contribution in [2.24, 2.45) is 0 Å². The van der Waals surface area contributed by atoms with E-state index in [0.29, 0.717) is 5.56 Å². The summed E-state index contributed by atoms with van der Waals surface area (Å²) in [5.74, 6) is -0.320. The van der Waals surface area contributed by atoms with Crippen molar-refractivity contribution in [2.45, 2.75) is 0 Å². The molecule has 2 rings (SSSR count). The molecule has 0 aliphatic heterocycles. The highest BCUT2D eigenvalue weighted by Crippen LogP contribution is 2.22. The molecule has 0 saturated carbocycles. The predicted octanol–water partition coefficient (Wildman–Crippen LogP) is 3.27. The van der Waals surface area contributed by atoms with Gasteiger partial charge in [0.1, 0.15) is 0 Å². The highest BCUT2D eigenvalue weighted by Gasteiger charge is 2.10. The van der Waals surface area contributed by atoms with E-state index in [9.17, 15) is 4.79 Å². The van der Waals surface area contributed by atoms with Crippen LogP contribution in [0.25, 0.3) is 16.8 Å². The third-order valence-corrected chi connectivity index (χ3v) is 2.53. The number of methoxy groups -OCH3 is 1. The van der Waals surface area contributed by atoms with Crippen LogP contribution < -0.4 is 0 Å². The third-order valence-electron chi connectivity index (χ3n) is 2.53.